The molecule has 0 aliphatic heterocycles. The van der Waals surface area contributed by atoms with E-state index in [4.69, 9.17) is 4.42 Å². The summed E-state index contributed by atoms with van der Waals surface area (Å²) in [5.74, 6) is 0.903. The van der Waals surface area contributed by atoms with Gasteiger partial charge in [0.2, 0.25) is 0 Å². The first-order valence-corrected chi connectivity index (χ1v) is 15.4. The number of fused-ring (bicyclic) bond motifs is 2. The van der Waals surface area contributed by atoms with Gasteiger partial charge in [-0.1, -0.05) is 140 Å². The molecule has 0 amide bonds. The van der Waals surface area contributed by atoms with E-state index < -0.39 is 0 Å². The highest BCUT2D eigenvalue weighted by atomic mass is 16.3. The quantitative estimate of drug-likeness (QED) is 0.195. The Labute approximate surface area is 263 Å². The molecule has 0 saturated heterocycles. The summed E-state index contributed by atoms with van der Waals surface area (Å²) in [6, 6.07) is 60.3. The van der Waals surface area contributed by atoms with Crippen LogP contribution in [0.5, 0.6) is 0 Å². The summed E-state index contributed by atoms with van der Waals surface area (Å²) in [6.07, 6.45) is 0. The molecule has 0 bridgehead atoms. The van der Waals surface area contributed by atoms with Crippen molar-refractivity contribution >= 4 is 38.8 Å². The number of anilines is 3. The van der Waals surface area contributed by atoms with Crippen molar-refractivity contribution in [1.29, 1.82) is 0 Å². The predicted molar refractivity (Wildman–Crippen MR) is 189 cm³/mol. The molecule has 45 heavy (non-hydrogen) atoms. The van der Waals surface area contributed by atoms with Gasteiger partial charge in [0.15, 0.2) is 0 Å². The second kappa shape index (κ2) is 11.3. The van der Waals surface area contributed by atoms with E-state index in [1.807, 2.05) is 12.1 Å². The van der Waals surface area contributed by atoms with Crippen LogP contribution in [-0.2, 0) is 0 Å². The average molecular weight is 578 g/mol. The minimum atomic E-state index is 0.903. The van der Waals surface area contributed by atoms with Crippen molar-refractivity contribution < 1.29 is 4.42 Å². The number of aryl methyl sites for hydroxylation is 1. The minimum absolute atomic E-state index is 0.903. The average Bonchev–Trinajstić information content (AvgIpc) is 3.45. The van der Waals surface area contributed by atoms with Crippen LogP contribution in [0.3, 0.4) is 0 Å². The summed E-state index contributed by atoms with van der Waals surface area (Å²) >= 11 is 0. The number of para-hydroxylation sites is 2. The van der Waals surface area contributed by atoms with Crippen LogP contribution in [0.4, 0.5) is 17.1 Å². The van der Waals surface area contributed by atoms with Gasteiger partial charge in [-0.15, -0.1) is 0 Å². The van der Waals surface area contributed by atoms with Crippen LogP contribution in [0, 0.1) is 6.92 Å². The standard InChI is InChI=1S/C43H31NO/c1-30-37-19-8-10-24-42(37)45-43(30)35-17-11-18-36(29-35)44(41-23-12-16-33-15-5-6-20-38(33)41)40-22-9-7-21-39(40)34-27-25-32(26-28-34)31-13-3-2-4-14-31/h2-29H,1H3. The third kappa shape index (κ3) is 4.87. The molecule has 214 valence electrons. The normalized spacial score (nSPS) is 11.2. The highest BCUT2D eigenvalue weighted by Gasteiger charge is 2.21. The van der Waals surface area contributed by atoms with Gasteiger partial charge in [-0.3, -0.25) is 0 Å². The highest BCUT2D eigenvalue weighted by Crippen LogP contribution is 2.45. The molecule has 0 unspecified atom stereocenters. The van der Waals surface area contributed by atoms with Crippen LogP contribution in [0.2, 0.25) is 0 Å². The summed E-state index contributed by atoms with van der Waals surface area (Å²) in [7, 11) is 0. The zero-order valence-electron chi connectivity index (χ0n) is 25.0. The summed E-state index contributed by atoms with van der Waals surface area (Å²) in [4.78, 5) is 2.39. The molecule has 2 nitrogen and oxygen atoms in total. The van der Waals surface area contributed by atoms with E-state index in [9.17, 15) is 0 Å². The first-order valence-electron chi connectivity index (χ1n) is 15.4. The Morgan fingerprint density at radius 2 is 1.04 bits per heavy atom. The molecule has 2 heteroatoms. The molecule has 0 atom stereocenters. The number of hydrogen-bond donors (Lipinski definition) is 0. The Morgan fingerprint density at radius 3 is 1.89 bits per heavy atom. The SMILES string of the molecule is Cc1c(-c2cccc(N(c3ccccc3-c3ccc(-c4ccccc4)cc3)c3cccc4ccccc34)c2)oc2ccccc12. The van der Waals surface area contributed by atoms with E-state index in [2.05, 4.69) is 170 Å². The third-order valence-corrected chi connectivity index (χ3v) is 8.67. The first kappa shape index (κ1) is 26.7. The smallest absolute Gasteiger partial charge is 0.138 e. The lowest BCUT2D eigenvalue weighted by Crippen LogP contribution is -2.12. The van der Waals surface area contributed by atoms with Gasteiger partial charge in [-0.25, -0.2) is 0 Å². The van der Waals surface area contributed by atoms with Gasteiger partial charge >= 0.3 is 0 Å². The van der Waals surface area contributed by atoms with E-state index in [-0.39, 0.29) is 0 Å². The van der Waals surface area contributed by atoms with Crippen LogP contribution in [0.1, 0.15) is 5.56 Å². The largest absolute Gasteiger partial charge is 0.456 e. The molecule has 1 aromatic heterocycles. The molecule has 8 aromatic rings. The van der Waals surface area contributed by atoms with Gasteiger partial charge in [0.1, 0.15) is 11.3 Å². The lowest BCUT2D eigenvalue weighted by atomic mass is 9.97. The van der Waals surface area contributed by atoms with E-state index in [1.54, 1.807) is 0 Å². The lowest BCUT2D eigenvalue weighted by Gasteiger charge is -2.29. The molecular formula is C43H31NO. The summed E-state index contributed by atoms with van der Waals surface area (Å²) < 4.78 is 6.42. The number of furan rings is 1. The van der Waals surface area contributed by atoms with Crippen molar-refractivity contribution in [3.63, 3.8) is 0 Å². The fourth-order valence-electron chi connectivity index (χ4n) is 6.43. The third-order valence-electron chi connectivity index (χ3n) is 8.67. The van der Waals surface area contributed by atoms with Crippen molar-refractivity contribution in [2.24, 2.45) is 0 Å². The van der Waals surface area contributed by atoms with Crippen LogP contribution in [0.25, 0.3) is 55.3 Å². The van der Waals surface area contributed by atoms with Crippen LogP contribution < -0.4 is 4.90 Å². The molecule has 8 rings (SSSR count). The molecule has 7 aromatic carbocycles. The maximum absolute atomic E-state index is 6.42. The van der Waals surface area contributed by atoms with E-state index >= 15 is 0 Å². The molecule has 0 aliphatic rings. The molecule has 0 aliphatic carbocycles. The van der Waals surface area contributed by atoms with Gasteiger partial charge in [-0.2, -0.15) is 0 Å². The number of benzene rings is 7. The Balaban J connectivity index is 1.32. The van der Waals surface area contributed by atoms with Gasteiger partial charge in [0.25, 0.3) is 0 Å². The molecular weight excluding hydrogens is 546 g/mol. The molecule has 0 N–H and O–H groups in total. The van der Waals surface area contributed by atoms with Crippen LogP contribution in [0.15, 0.2) is 174 Å². The van der Waals surface area contributed by atoms with Gasteiger partial charge < -0.3 is 9.32 Å². The highest BCUT2D eigenvalue weighted by molar-refractivity contribution is 6.01. The predicted octanol–water partition coefficient (Wildman–Crippen LogP) is 12.4. The zero-order chi connectivity index (χ0) is 30.2. The monoisotopic (exact) mass is 577 g/mol. The molecule has 0 fully saturated rings. The van der Waals surface area contributed by atoms with Crippen molar-refractivity contribution in [2.75, 3.05) is 4.90 Å². The second-order valence-corrected chi connectivity index (χ2v) is 11.4. The molecule has 1 heterocycles. The summed E-state index contributed by atoms with van der Waals surface area (Å²) in [5, 5.41) is 3.54. The van der Waals surface area contributed by atoms with Crippen LogP contribution in [-0.4, -0.2) is 0 Å². The van der Waals surface area contributed by atoms with E-state index in [1.165, 1.54) is 27.5 Å². The number of rotatable bonds is 6. The van der Waals surface area contributed by atoms with Crippen molar-refractivity contribution in [1.82, 2.24) is 0 Å². The number of hydrogen-bond acceptors (Lipinski definition) is 2. The Bertz CT molecular complexity index is 2270. The van der Waals surface area contributed by atoms with Crippen molar-refractivity contribution in [3.05, 3.63) is 175 Å². The second-order valence-electron chi connectivity index (χ2n) is 11.4. The Hall–Kier alpha value is -5.86. The molecule has 0 spiro atoms. The Kier molecular flexibility index (Phi) is 6.73. The molecule has 0 saturated carbocycles. The fraction of sp³-hybridized carbons (Fsp3) is 0.0233. The van der Waals surface area contributed by atoms with E-state index in [0.717, 1.165) is 50.5 Å². The minimum Gasteiger partial charge on any atom is -0.456 e. The molecule has 0 radical (unpaired) electrons. The Morgan fingerprint density at radius 1 is 0.444 bits per heavy atom. The van der Waals surface area contributed by atoms with Crippen LogP contribution >= 0.6 is 0 Å². The van der Waals surface area contributed by atoms with E-state index in [0.29, 0.717) is 0 Å². The lowest BCUT2D eigenvalue weighted by molar-refractivity contribution is 0.629. The maximum Gasteiger partial charge on any atom is 0.138 e. The topological polar surface area (TPSA) is 16.4 Å². The van der Waals surface area contributed by atoms with Gasteiger partial charge in [0, 0.05) is 33.2 Å². The van der Waals surface area contributed by atoms with Crippen molar-refractivity contribution in [2.45, 2.75) is 6.92 Å². The number of nitrogens with zero attached hydrogens (tertiary/aromatic N) is 1. The van der Waals surface area contributed by atoms with Crippen molar-refractivity contribution in [3.8, 4) is 33.6 Å². The zero-order valence-corrected chi connectivity index (χ0v) is 25.0. The first-order chi connectivity index (χ1) is 22.2. The van der Waals surface area contributed by atoms with Gasteiger partial charge in [0.05, 0.1) is 11.4 Å². The fourth-order valence-corrected chi connectivity index (χ4v) is 6.43. The summed E-state index contributed by atoms with van der Waals surface area (Å²) in [5.41, 5.74) is 11.2. The maximum atomic E-state index is 6.42. The van der Waals surface area contributed by atoms with Gasteiger partial charge in [-0.05, 0) is 59.3 Å². The summed E-state index contributed by atoms with van der Waals surface area (Å²) in [6.45, 7) is 2.14.